The first-order valence-corrected chi connectivity index (χ1v) is 8.00. The topological polar surface area (TPSA) is 85.8 Å². The maximum atomic E-state index is 12.4. The summed E-state index contributed by atoms with van der Waals surface area (Å²) in [5, 5.41) is 7.67. The number of rotatable bonds is 4. The number of hydrogen-bond donors (Lipinski definition) is 2. The van der Waals surface area contributed by atoms with Gasteiger partial charge in [-0.1, -0.05) is 29.5 Å². The predicted octanol–water partition coefficient (Wildman–Crippen LogP) is 2.71. The SMILES string of the molecule is Cc1nc(N)sc1C(=O)N[C@H](C)c1ccccc1-n1cccn1. The van der Waals surface area contributed by atoms with Gasteiger partial charge in [0, 0.05) is 12.4 Å². The van der Waals surface area contributed by atoms with Crippen LogP contribution in [-0.2, 0) is 0 Å². The third-order valence-corrected chi connectivity index (χ3v) is 4.51. The Hall–Kier alpha value is -2.67. The molecule has 0 spiro atoms. The van der Waals surface area contributed by atoms with Crippen LogP contribution in [0.25, 0.3) is 5.69 Å². The Morgan fingerprint density at radius 3 is 2.78 bits per heavy atom. The molecule has 3 N–H and O–H groups in total. The van der Waals surface area contributed by atoms with Crippen LogP contribution in [-0.4, -0.2) is 20.7 Å². The molecule has 1 aromatic carbocycles. The zero-order chi connectivity index (χ0) is 16.4. The van der Waals surface area contributed by atoms with Crippen molar-refractivity contribution in [1.82, 2.24) is 20.1 Å². The van der Waals surface area contributed by atoms with Crippen LogP contribution >= 0.6 is 11.3 Å². The van der Waals surface area contributed by atoms with E-state index in [2.05, 4.69) is 15.4 Å². The summed E-state index contributed by atoms with van der Waals surface area (Å²) >= 11 is 1.20. The highest BCUT2D eigenvalue weighted by atomic mass is 32.1. The van der Waals surface area contributed by atoms with Crippen molar-refractivity contribution in [1.29, 1.82) is 0 Å². The van der Waals surface area contributed by atoms with E-state index in [9.17, 15) is 4.79 Å². The number of thiazole rings is 1. The Labute approximate surface area is 138 Å². The third-order valence-electron chi connectivity index (χ3n) is 3.52. The number of aromatic nitrogens is 3. The second-order valence-electron chi connectivity index (χ2n) is 5.17. The molecule has 3 aromatic rings. The van der Waals surface area contributed by atoms with Crippen molar-refractivity contribution in [3.8, 4) is 5.69 Å². The lowest BCUT2D eigenvalue weighted by Crippen LogP contribution is -2.27. The minimum atomic E-state index is -0.175. The van der Waals surface area contributed by atoms with Crippen LogP contribution in [0.5, 0.6) is 0 Å². The quantitative estimate of drug-likeness (QED) is 0.771. The van der Waals surface area contributed by atoms with Gasteiger partial charge in [-0.15, -0.1) is 0 Å². The van der Waals surface area contributed by atoms with E-state index in [1.807, 2.05) is 43.5 Å². The van der Waals surface area contributed by atoms with Gasteiger partial charge in [0.2, 0.25) is 0 Å². The molecule has 0 unspecified atom stereocenters. The monoisotopic (exact) mass is 327 g/mol. The van der Waals surface area contributed by atoms with Gasteiger partial charge in [-0.3, -0.25) is 4.79 Å². The minimum absolute atomic E-state index is 0.167. The van der Waals surface area contributed by atoms with Gasteiger partial charge in [0.1, 0.15) is 4.88 Å². The van der Waals surface area contributed by atoms with Gasteiger partial charge in [0.05, 0.1) is 17.4 Å². The molecular weight excluding hydrogens is 310 g/mol. The molecule has 23 heavy (non-hydrogen) atoms. The standard InChI is InChI=1S/C16H17N5OS/c1-10(19-15(22)14-11(2)20-16(17)23-14)12-6-3-4-7-13(12)21-9-5-8-18-21/h3-10H,1-2H3,(H2,17,20)(H,19,22)/t10-/m1/s1. The molecule has 0 bridgehead atoms. The lowest BCUT2D eigenvalue weighted by Gasteiger charge is -2.17. The number of nitrogens with zero attached hydrogens (tertiary/aromatic N) is 3. The molecule has 1 atom stereocenters. The second-order valence-corrected chi connectivity index (χ2v) is 6.20. The van der Waals surface area contributed by atoms with E-state index >= 15 is 0 Å². The van der Waals surface area contributed by atoms with Crippen molar-refractivity contribution < 1.29 is 4.79 Å². The first kappa shape index (κ1) is 15.2. The minimum Gasteiger partial charge on any atom is -0.375 e. The number of hydrogen-bond acceptors (Lipinski definition) is 5. The van der Waals surface area contributed by atoms with E-state index in [1.165, 1.54) is 11.3 Å². The second kappa shape index (κ2) is 6.21. The van der Waals surface area contributed by atoms with Crippen LogP contribution in [0, 0.1) is 6.92 Å². The van der Waals surface area contributed by atoms with Gasteiger partial charge in [0.15, 0.2) is 5.13 Å². The number of nitrogen functional groups attached to an aromatic ring is 1. The maximum absolute atomic E-state index is 12.4. The largest absolute Gasteiger partial charge is 0.375 e. The molecule has 0 radical (unpaired) electrons. The van der Waals surface area contributed by atoms with Gasteiger partial charge >= 0.3 is 0 Å². The van der Waals surface area contributed by atoms with E-state index in [-0.39, 0.29) is 11.9 Å². The normalized spacial score (nSPS) is 12.1. The molecule has 7 heteroatoms. The summed E-state index contributed by atoms with van der Waals surface area (Å²) in [6.07, 6.45) is 3.60. The average Bonchev–Trinajstić information content (AvgIpc) is 3.16. The molecule has 0 aliphatic heterocycles. The maximum Gasteiger partial charge on any atom is 0.263 e. The smallest absolute Gasteiger partial charge is 0.263 e. The first-order chi connectivity index (χ1) is 11.1. The molecule has 3 rings (SSSR count). The van der Waals surface area contributed by atoms with Gasteiger partial charge in [-0.25, -0.2) is 9.67 Å². The van der Waals surface area contributed by atoms with E-state index in [0.29, 0.717) is 15.7 Å². The number of nitrogens with one attached hydrogen (secondary N) is 1. The Morgan fingerprint density at radius 2 is 2.13 bits per heavy atom. The third kappa shape index (κ3) is 3.09. The predicted molar refractivity (Wildman–Crippen MR) is 90.7 cm³/mol. The van der Waals surface area contributed by atoms with Crippen molar-refractivity contribution in [2.45, 2.75) is 19.9 Å². The number of para-hydroxylation sites is 1. The Balaban J connectivity index is 1.85. The summed E-state index contributed by atoms with van der Waals surface area (Å²) in [6.45, 7) is 3.73. The van der Waals surface area contributed by atoms with Crippen LogP contribution in [0.1, 0.15) is 33.9 Å². The van der Waals surface area contributed by atoms with Gasteiger partial charge < -0.3 is 11.1 Å². The van der Waals surface area contributed by atoms with Crippen LogP contribution < -0.4 is 11.1 Å². The van der Waals surface area contributed by atoms with Crippen LogP contribution in [0.2, 0.25) is 0 Å². The van der Waals surface area contributed by atoms with Crippen LogP contribution in [0.15, 0.2) is 42.7 Å². The fraction of sp³-hybridized carbons (Fsp3) is 0.188. The number of carbonyl (C=O) groups excluding carboxylic acids is 1. The zero-order valence-corrected chi connectivity index (χ0v) is 13.7. The molecule has 0 fully saturated rings. The zero-order valence-electron chi connectivity index (χ0n) is 12.9. The molecule has 2 heterocycles. The molecule has 0 aliphatic carbocycles. The van der Waals surface area contributed by atoms with Gasteiger partial charge in [0.25, 0.3) is 5.91 Å². The molecule has 1 amide bonds. The van der Waals surface area contributed by atoms with E-state index in [1.54, 1.807) is 17.8 Å². The number of aryl methyl sites for hydroxylation is 1. The first-order valence-electron chi connectivity index (χ1n) is 7.19. The fourth-order valence-corrected chi connectivity index (χ4v) is 3.18. The number of anilines is 1. The molecular formula is C16H17N5OS. The van der Waals surface area contributed by atoms with E-state index in [0.717, 1.165) is 11.3 Å². The Bertz CT molecular complexity index is 825. The van der Waals surface area contributed by atoms with Crippen LogP contribution in [0.3, 0.4) is 0 Å². The van der Waals surface area contributed by atoms with Gasteiger partial charge in [-0.05, 0) is 31.5 Å². The van der Waals surface area contributed by atoms with E-state index in [4.69, 9.17) is 5.73 Å². The Morgan fingerprint density at radius 1 is 1.35 bits per heavy atom. The van der Waals surface area contributed by atoms with Crippen molar-refractivity contribution in [3.63, 3.8) is 0 Å². The summed E-state index contributed by atoms with van der Waals surface area (Å²) in [6, 6.07) is 9.54. The summed E-state index contributed by atoms with van der Waals surface area (Å²) in [5.41, 5.74) is 8.24. The molecule has 6 nitrogen and oxygen atoms in total. The highest BCUT2D eigenvalue weighted by Gasteiger charge is 2.19. The summed E-state index contributed by atoms with van der Waals surface area (Å²) in [4.78, 5) is 17.1. The molecule has 0 saturated carbocycles. The molecule has 118 valence electrons. The van der Waals surface area contributed by atoms with Crippen molar-refractivity contribution >= 4 is 22.4 Å². The van der Waals surface area contributed by atoms with Crippen molar-refractivity contribution in [2.24, 2.45) is 0 Å². The molecule has 0 aliphatic rings. The lowest BCUT2D eigenvalue weighted by molar-refractivity contribution is 0.0943. The molecule has 2 aromatic heterocycles. The van der Waals surface area contributed by atoms with Gasteiger partial charge in [-0.2, -0.15) is 5.10 Å². The number of nitrogens with two attached hydrogens (primary N) is 1. The number of amides is 1. The average molecular weight is 327 g/mol. The number of benzene rings is 1. The highest BCUT2D eigenvalue weighted by molar-refractivity contribution is 7.17. The van der Waals surface area contributed by atoms with Crippen molar-refractivity contribution in [3.05, 3.63) is 58.9 Å². The van der Waals surface area contributed by atoms with Crippen molar-refractivity contribution in [2.75, 3.05) is 5.73 Å². The van der Waals surface area contributed by atoms with E-state index < -0.39 is 0 Å². The lowest BCUT2D eigenvalue weighted by atomic mass is 10.1. The molecule has 0 saturated heterocycles. The number of carbonyl (C=O) groups is 1. The Kier molecular flexibility index (Phi) is 4.12. The summed E-state index contributed by atoms with van der Waals surface area (Å²) in [5.74, 6) is -0.167. The van der Waals surface area contributed by atoms with Crippen LogP contribution in [0.4, 0.5) is 5.13 Å². The fourth-order valence-electron chi connectivity index (χ4n) is 2.44. The highest BCUT2D eigenvalue weighted by Crippen LogP contribution is 2.24. The summed E-state index contributed by atoms with van der Waals surface area (Å²) in [7, 11) is 0. The summed E-state index contributed by atoms with van der Waals surface area (Å²) < 4.78 is 1.79.